The number of hydrogen-bond donors (Lipinski definition) is 0. The molecule has 6 fully saturated rings. The molecule has 0 radical (unpaired) electrons. The van der Waals surface area contributed by atoms with Gasteiger partial charge in [0.05, 0.1) is 53.2 Å². The molecule has 4 saturated carbocycles. The highest BCUT2D eigenvalue weighted by Crippen LogP contribution is 2.52. The number of methoxy groups -OCH3 is 1. The molecule has 17 heteroatoms. The van der Waals surface area contributed by atoms with Crippen LogP contribution in [-0.4, -0.2) is 105 Å². The normalized spacial score (nSPS) is 18.9. The fourth-order valence-corrected chi connectivity index (χ4v) is 8.43. The van der Waals surface area contributed by atoms with Gasteiger partial charge >= 0.3 is 12.4 Å². The van der Waals surface area contributed by atoms with Gasteiger partial charge in [-0.1, -0.05) is 144 Å². The maximum absolute atomic E-state index is 13.1. The zero-order valence-electron chi connectivity index (χ0n) is 65.1. The van der Waals surface area contributed by atoms with Crippen molar-refractivity contribution in [3.8, 4) is 5.75 Å². The summed E-state index contributed by atoms with van der Waals surface area (Å²) in [7, 11) is 1.70. The molecule has 0 atom stereocenters. The molecule has 2 saturated heterocycles. The third-order valence-corrected chi connectivity index (χ3v) is 14.6. The van der Waals surface area contributed by atoms with Crippen LogP contribution in [0.25, 0.3) is 0 Å². The Morgan fingerprint density at radius 1 is 0.430 bits per heavy atom. The van der Waals surface area contributed by atoms with E-state index >= 15 is 0 Å². The zero-order chi connectivity index (χ0) is 74.1. The van der Waals surface area contributed by atoms with Gasteiger partial charge < -0.3 is 33.2 Å². The first kappa shape index (κ1) is 95.3. The summed E-state index contributed by atoms with van der Waals surface area (Å²) in [4.78, 5) is 0. The van der Waals surface area contributed by atoms with Crippen molar-refractivity contribution >= 4 is 0 Å². The van der Waals surface area contributed by atoms with Crippen molar-refractivity contribution in [1.82, 2.24) is 0 Å². The van der Waals surface area contributed by atoms with Crippen LogP contribution in [0.4, 0.5) is 43.9 Å². The molecule has 2 aliphatic heterocycles. The van der Waals surface area contributed by atoms with Crippen molar-refractivity contribution < 1.29 is 77.1 Å². The first-order valence-electron chi connectivity index (χ1n) is 34.4. The van der Waals surface area contributed by atoms with E-state index in [1.54, 1.807) is 48.7 Å². The minimum absolute atomic E-state index is 0.00199. The monoisotopic (exact) mass is 1360 g/mol. The van der Waals surface area contributed by atoms with E-state index < -0.39 is 47.2 Å². The van der Waals surface area contributed by atoms with Crippen molar-refractivity contribution in [3.63, 3.8) is 0 Å². The summed E-state index contributed by atoms with van der Waals surface area (Å²) in [5.41, 5.74) is -0.231. The maximum Gasteiger partial charge on any atom is 0.411 e. The van der Waals surface area contributed by atoms with Crippen LogP contribution in [0.2, 0.25) is 0 Å². The topological polar surface area (TPSA) is 64.6 Å². The van der Waals surface area contributed by atoms with Gasteiger partial charge in [0, 0.05) is 50.6 Å². The van der Waals surface area contributed by atoms with Crippen LogP contribution in [0.15, 0.2) is 24.3 Å². The molecular weight excluding hydrogens is 1210 g/mol. The highest BCUT2D eigenvalue weighted by molar-refractivity contribution is 5.32. The van der Waals surface area contributed by atoms with Gasteiger partial charge in [-0.3, -0.25) is 0 Å². The van der Waals surface area contributed by atoms with Crippen LogP contribution in [0.1, 0.15) is 304 Å². The van der Waals surface area contributed by atoms with Gasteiger partial charge in [0.2, 0.25) is 0 Å². The van der Waals surface area contributed by atoms with Gasteiger partial charge in [0.1, 0.15) is 12.4 Å². The zero-order valence-corrected chi connectivity index (χ0v) is 65.1. The van der Waals surface area contributed by atoms with Crippen molar-refractivity contribution in [2.24, 2.45) is 44.8 Å². The van der Waals surface area contributed by atoms with Gasteiger partial charge in [0.25, 0.3) is 11.8 Å². The molecule has 1 aromatic carbocycles. The second-order valence-corrected chi connectivity index (χ2v) is 36.7. The molecule has 0 unspecified atom stereocenters. The fourth-order valence-electron chi connectivity index (χ4n) is 8.43. The van der Waals surface area contributed by atoms with Crippen molar-refractivity contribution in [1.29, 1.82) is 0 Å². The van der Waals surface area contributed by atoms with Gasteiger partial charge in [-0.25, -0.2) is 17.6 Å². The van der Waals surface area contributed by atoms with Crippen molar-refractivity contribution in [2.45, 2.75) is 368 Å². The average molecular weight is 1360 g/mol. The standard InChI is InChI=1S/C11H16O.C9H18O2.C9H18O.C8H14F2O.C8H14F2.C8H16O.C7H14.C6H11F3O.C5H9F3.C5H12/c1-11(2,3)9-6-5-7-10(8-9)12-4;1-9(2,3)11-8-4-6-10-7-5-8;1-9(2,3)8-4-6-10-7-5-8;1-7(2,3)11-6-4-8(9,10)5-6;1-7(2,3)8(9,10)6-4-5-6;1-8(2,3)9-7-5-4-6-7;1-7(2,3)6-4-5-6;1-5(2,3)10-4-6(7,8)9;1-4(2,3)5(6,7)8;1-5(2,3)4/h5-8H,1-4H3;8H,4-7H2,1-3H3;8H,4-7H2,1-3H3;6H,4-5H2,1-3H3;6H,4-5H2,1-3H3;7H,4-6H2,1-3H3;6H,4-5H2,1-3H3;4H2,1-3H3;1-3H3;1-4H3. The van der Waals surface area contributed by atoms with Gasteiger partial charge in [-0.2, -0.15) is 26.3 Å². The van der Waals surface area contributed by atoms with Gasteiger partial charge in [-0.15, -0.1) is 0 Å². The van der Waals surface area contributed by atoms with E-state index in [2.05, 4.69) is 148 Å². The summed E-state index contributed by atoms with van der Waals surface area (Å²) >= 11 is 0. The molecule has 0 amide bonds. The highest BCUT2D eigenvalue weighted by Gasteiger charge is 2.54. The number of alkyl halides is 10. The molecule has 7 nitrogen and oxygen atoms in total. The van der Waals surface area contributed by atoms with E-state index in [0.717, 1.165) is 77.6 Å². The maximum atomic E-state index is 13.1. The molecule has 2 heterocycles. The summed E-state index contributed by atoms with van der Waals surface area (Å²) in [6.45, 7) is 63.1. The van der Waals surface area contributed by atoms with Crippen LogP contribution >= 0.6 is 0 Å². The molecule has 4 aliphatic carbocycles. The molecule has 7 rings (SSSR count). The largest absolute Gasteiger partial charge is 0.497 e. The SMILES string of the molecule is CC(C)(C)C.CC(C)(C)C(F)(F)C1CC1.CC(C)(C)C(F)(F)F.CC(C)(C)C1CC1.CC(C)(C)C1CCOCC1.CC(C)(C)OC1CC(F)(F)C1.CC(C)(C)OC1CCC1.CC(C)(C)OC1CCOCC1.CC(C)(C)OCC(F)(F)F.COc1cccc(C(C)(C)C)c1. The van der Waals surface area contributed by atoms with E-state index in [1.807, 2.05) is 32.9 Å². The molecule has 6 aliphatic rings. The summed E-state index contributed by atoms with van der Waals surface area (Å²) in [5.74, 6) is -2.38. The van der Waals surface area contributed by atoms with Crippen LogP contribution in [0.5, 0.6) is 5.75 Å². The third-order valence-electron chi connectivity index (χ3n) is 14.6. The summed E-state index contributed by atoms with van der Waals surface area (Å²) in [6.07, 6.45) is 5.17. The number of rotatable bonds is 6. The Bertz CT molecular complexity index is 2030. The average Bonchev–Trinajstić information content (AvgIpc) is 1.74. The van der Waals surface area contributed by atoms with Crippen molar-refractivity contribution in [2.75, 3.05) is 40.1 Å². The lowest BCUT2D eigenvalue weighted by Gasteiger charge is -2.38. The van der Waals surface area contributed by atoms with E-state index in [0.29, 0.717) is 41.3 Å². The smallest absolute Gasteiger partial charge is 0.411 e. The lowest BCUT2D eigenvalue weighted by Crippen LogP contribution is -2.44. The third kappa shape index (κ3) is 55.6. The predicted molar refractivity (Wildman–Crippen MR) is 368 cm³/mol. The lowest BCUT2D eigenvalue weighted by atomic mass is 9.76. The van der Waals surface area contributed by atoms with E-state index in [4.69, 9.17) is 28.4 Å². The first-order chi connectivity index (χ1) is 41.0. The Labute approximate surface area is 563 Å². The predicted octanol–water partition coefficient (Wildman–Crippen LogP) is 24.9. The number of benzene rings is 1. The molecule has 0 N–H and O–H groups in total. The minimum atomic E-state index is -4.22. The fraction of sp³-hybridized carbons (Fsp3) is 0.921. The Morgan fingerprint density at radius 3 is 0.957 bits per heavy atom. The summed E-state index contributed by atoms with van der Waals surface area (Å²) in [5, 5.41) is 0. The second kappa shape index (κ2) is 39.2. The molecule has 1 aromatic rings. The molecule has 93 heavy (non-hydrogen) atoms. The summed E-state index contributed by atoms with van der Waals surface area (Å²) in [6, 6.07) is 8.21. The highest BCUT2D eigenvalue weighted by atomic mass is 19.4. The van der Waals surface area contributed by atoms with Crippen LogP contribution < -0.4 is 4.74 Å². The van der Waals surface area contributed by atoms with Crippen LogP contribution in [0.3, 0.4) is 0 Å². The van der Waals surface area contributed by atoms with Gasteiger partial charge in [0.15, 0.2) is 0 Å². The Balaban J connectivity index is -0.000000974. The van der Waals surface area contributed by atoms with Gasteiger partial charge in [-0.05, 0) is 205 Å². The molecule has 0 bridgehead atoms. The Kier molecular flexibility index (Phi) is 40.1. The molecule has 558 valence electrons. The van der Waals surface area contributed by atoms with E-state index in [1.165, 1.54) is 50.5 Å². The van der Waals surface area contributed by atoms with Crippen molar-refractivity contribution in [3.05, 3.63) is 29.8 Å². The van der Waals surface area contributed by atoms with E-state index in [-0.39, 0.29) is 47.1 Å². The quantitative estimate of drug-likeness (QED) is 0.263. The lowest BCUT2D eigenvalue weighted by molar-refractivity contribution is -0.204. The molecule has 0 spiro atoms. The Morgan fingerprint density at radius 2 is 0.763 bits per heavy atom. The second-order valence-electron chi connectivity index (χ2n) is 36.7. The van der Waals surface area contributed by atoms with Crippen LogP contribution in [-0.2, 0) is 33.8 Å². The Hall–Kier alpha value is -1.92. The van der Waals surface area contributed by atoms with E-state index in [9.17, 15) is 43.9 Å². The number of halogens is 10. The molecular formula is C76H142F10O7. The minimum Gasteiger partial charge on any atom is -0.497 e. The summed E-state index contributed by atoms with van der Waals surface area (Å²) < 4.78 is 157. The molecule has 0 aromatic heterocycles. The van der Waals surface area contributed by atoms with Crippen LogP contribution in [0, 0.1) is 44.8 Å². The first-order valence-corrected chi connectivity index (χ1v) is 34.4. The number of hydrogen-bond acceptors (Lipinski definition) is 7. The number of ether oxygens (including phenoxy) is 7.